The van der Waals surface area contributed by atoms with E-state index in [1.54, 1.807) is 0 Å². The number of ketones is 1. The van der Waals surface area contributed by atoms with Crippen molar-refractivity contribution in [3.05, 3.63) is 23.8 Å². The highest BCUT2D eigenvalue weighted by atomic mass is 16.6. The molecule has 0 spiro atoms. The zero-order valence-corrected chi connectivity index (χ0v) is 16.4. The molecule has 0 saturated carbocycles. The summed E-state index contributed by atoms with van der Waals surface area (Å²) in [7, 11) is 0. The minimum atomic E-state index is -1.45. The van der Waals surface area contributed by atoms with Gasteiger partial charge in [0.1, 0.15) is 0 Å². The standard InChI is InChI=1S/C20H29NO7/c1-3-5-9-20(19(25)26,10-6-4-2)28-16-8-7-14(15(22)12-21)11-17(16)27-13-18(23)24/h7-8,11H,3-6,9-10,12-13,21H2,1-2H3,(H,23,24)(H,25,26). The average Bonchev–Trinajstić information content (AvgIpc) is 2.68. The largest absolute Gasteiger partial charge is 0.479 e. The van der Waals surface area contributed by atoms with Gasteiger partial charge in [-0.05, 0) is 43.9 Å². The molecule has 0 amide bonds. The Bertz CT molecular complexity index is 679. The average molecular weight is 395 g/mol. The second-order valence-corrected chi connectivity index (χ2v) is 6.58. The van der Waals surface area contributed by atoms with Crippen LogP contribution in [0.5, 0.6) is 11.5 Å². The monoisotopic (exact) mass is 395 g/mol. The molecule has 0 aliphatic carbocycles. The third-order valence-electron chi connectivity index (χ3n) is 4.37. The summed E-state index contributed by atoms with van der Waals surface area (Å²) in [5.41, 5.74) is 4.16. The molecule has 0 radical (unpaired) electrons. The van der Waals surface area contributed by atoms with Crippen molar-refractivity contribution in [2.75, 3.05) is 13.2 Å². The van der Waals surface area contributed by atoms with Crippen LogP contribution >= 0.6 is 0 Å². The fourth-order valence-electron chi connectivity index (χ4n) is 2.76. The summed E-state index contributed by atoms with van der Waals surface area (Å²) < 4.78 is 11.2. The van der Waals surface area contributed by atoms with Gasteiger partial charge in [-0.25, -0.2) is 9.59 Å². The van der Waals surface area contributed by atoms with Crippen LogP contribution in [0.4, 0.5) is 0 Å². The molecule has 1 rings (SSSR count). The molecular weight excluding hydrogens is 366 g/mol. The van der Waals surface area contributed by atoms with Gasteiger partial charge in [0, 0.05) is 5.56 Å². The van der Waals surface area contributed by atoms with Crippen LogP contribution in [0.25, 0.3) is 0 Å². The smallest absolute Gasteiger partial charge is 0.348 e. The summed E-state index contributed by atoms with van der Waals surface area (Å²) in [5.74, 6) is -2.55. The molecule has 0 bridgehead atoms. The Hall–Kier alpha value is -2.61. The van der Waals surface area contributed by atoms with Crippen LogP contribution < -0.4 is 15.2 Å². The first-order chi connectivity index (χ1) is 13.3. The molecule has 0 fully saturated rings. The molecule has 0 saturated heterocycles. The van der Waals surface area contributed by atoms with Crippen LogP contribution in [0.1, 0.15) is 62.7 Å². The van der Waals surface area contributed by atoms with Crippen LogP contribution in [-0.2, 0) is 9.59 Å². The zero-order chi connectivity index (χ0) is 21.2. The van der Waals surface area contributed by atoms with E-state index in [1.165, 1.54) is 18.2 Å². The lowest BCUT2D eigenvalue weighted by Crippen LogP contribution is -2.44. The van der Waals surface area contributed by atoms with Crippen molar-refractivity contribution in [2.45, 2.75) is 58.0 Å². The van der Waals surface area contributed by atoms with Crippen molar-refractivity contribution >= 4 is 17.7 Å². The molecule has 0 unspecified atom stereocenters. The second-order valence-electron chi connectivity index (χ2n) is 6.58. The summed E-state index contributed by atoms with van der Waals surface area (Å²) >= 11 is 0. The predicted molar refractivity (Wildman–Crippen MR) is 103 cm³/mol. The Morgan fingerprint density at radius 1 is 1.04 bits per heavy atom. The number of carbonyl (C=O) groups is 3. The van der Waals surface area contributed by atoms with Gasteiger partial charge in [0.05, 0.1) is 6.54 Å². The van der Waals surface area contributed by atoms with Crippen LogP contribution in [-0.4, -0.2) is 46.7 Å². The number of nitrogens with two attached hydrogens (primary N) is 1. The number of hydrogen-bond donors (Lipinski definition) is 3. The van der Waals surface area contributed by atoms with Crippen molar-refractivity contribution in [3.63, 3.8) is 0 Å². The number of carboxylic acids is 2. The van der Waals surface area contributed by atoms with E-state index >= 15 is 0 Å². The Labute approximate surface area is 164 Å². The van der Waals surface area contributed by atoms with E-state index in [2.05, 4.69) is 0 Å². The lowest BCUT2D eigenvalue weighted by atomic mass is 9.90. The van der Waals surface area contributed by atoms with Crippen molar-refractivity contribution in [1.82, 2.24) is 0 Å². The summed E-state index contributed by atoms with van der Waals surface area (Å²) in [4.78, 5) is 34.9. The molecule has 1 aromatic carbocycles. The maximum absolute atomic E-state index is 12.1. The molecule has 156 valence electrons. The number of benzene rings is 1. The number of rotatable bonds is 14. The van der Waals surface area contributed by atoms with Gasteiger partial charge in [-0.3, -0.25) is 4.79 Å². The first-order valence-electron chi connectivity index (χ1n) is 9.44. The van der Waals surface area contributed by atoms with Gasteiger partial charge in [0.25, 0.3) is 0 Å². The molecule has 0 heterocycles. The number of Topliss-reactive ketones (excluding diaryl/α,β-unsaturated/α-hetero) is 1. The highest BCUT2D eigenvalue weighted by molar-refractivity contribution is 5.98. The number of carboxylic acid groups (broad SMARTS) is 2. The number of unbranched alkanes of at least 4 members (excludes halogenated alkanes) is 2. The van der Waals surface area contributed by atoms with E-state index in [1.807, 2.05) is 13.8 Å². The minimum absolute atomic E-state index is 0.000298. The maximum atomic E-state index is 12.1. The van der Waals surface area contributed by atoms with Gasteiger partial charge in [-0.1, -0.05) is 26.7 Å². The molecule has 0 aliphatic heterocycles. The predicted octanol–water partition coefficient (Wildman–Crippen LogP) is 2.87. The summed E-state index contributed by atoms with van der Waals surface area (Å²) in [6.07, 6.45) is 3.53. The van der Waals surface area contributed by atoms with Gasteiger partial charge in [0.15, 0.2) is 23.9 Å². The number of aliphatic carboxylic acids is 2. The molecule has 0 atom stereocenters. The minimum Gasteiger partial charge on any atom is -0.479 e. The van der Waals surface area contributed by atoms with Crippen molar-refractivity contribution in [3.8, 4) is 11.5 Å². The third-order valence-corrected chi connectivity index (χ3v) is 4.37. The topological polar surface area (TPSA) is 136 Å². The summed E-state index contributed by atoms with van der Waals surface area (Å²) in [6, 6.07) is 4.22. The summed E-state index contributed by atoms with van der Waals surface area (Å²) in [6.45, 7) is 3.05. The van der Waals surface area contributed by atoms with Crippen LogP contribution in [0.3, 0.4) is 0 Å². The van der Waals surface area contributed by atoms with Gasteiger partial charge in [-0.15, -0.1) is 0 Å². The quantitative estimate of drug-likeness (QED) is 0.409. The lowest BCUT2D eigenvalue weighted by molar-refractivity contribution is -0.157. The Morgan fingerprint density at radius 3 is 2.11 bits per heavy atom. The highest BCUT2D eigenvalue weighted by Crippen LogP contribution is 2.36. The van der Waals surface area contributed by atoms with Gasteiger partial charge in [-0.2, -0.15) is 0 Å². The Kier molecular flexibility index (Phi) is 9.44. The van der Waals surface area contributed by atoms with E-state index in [0.717, 1.165) is 12.8 Å². The molecule has 0 aromatic heterocycles. The van der Waals surface area contributed by atoms with Crippen molar-refractivity contribution < 1.29 is 34.1 Å². The lowest BCUT2D eigenvalue weighted by Gasteiger charge is -2.31. The van der Waals surface area contributed by atoms with E-state index in [4.69, 9.17) is 20.3 Å². The zero-order valence-electron chi connectivity index (χ0n) is 16.4. The molecule has 8 heteroatoms. The molecular formula is C20H29NO7. The van der Waals surface area contributed by atoms with E-state index < -0.39 is 24.1 Å². The van der Waals surface area contributed by atoms with Crippen LogP contribution in [0, 0.1) is 0 Å². The van der Waals surface area contributed by atoms with E-state index in [-0.39, 0.29) is 29.4 Å². The second kappa shape index (κ2) is 11.3. The van der Waals surface area contributed by atoms with Crippen LogP contribution in [0.15, 0.2) is 18.2 Å². The molecule has 8 nitrogen and oxygen atoms in total. The van der Waals surface area contributed by atoms with E-state index in [9.17, 15) is 19.5 Å². The molecule has 0 aliphatic rings. The molecule has 28 heavy (non-hydrogen) atoms. The van der Waals surface area contributed by atoms with Crippen LogP contribution in [0.2, 0.25) is 0 Å². The van der Waals surface area contributed by atoms with Crippen molar-refractivity contribution in [1.29, 1.82) is 0 Å². The van der Waals surface area contributed by atoms with Gasteiger partial charge < -0.3 is 25.4 Å². The number of hydrogen-bond acceptors (Lipinski definition) is 6. The Balaban J connectivity index is 3.32. The van der Waals surface area contributed by atoms with Gasteiger partial charge in [0.2, 0.25) is 5.60 Å². The summed E-state index contributed by atoms with van der Waals surface area (Å²) in [5, 5.41) is 18.8. The van der Waals surface area contributed by atoms with E-state index in [0.29, 0.717) is 25.7 Å². The van der Waals surface area contributed by atoms with Crippen molar-refractivity contribution in [2.24, 2.45) is 5.73 Å². The SMILES string of the molecule is CCCCC(CCCC)(Oc1ccc(C(=O)CN)cc1OCC(=O)O)C(=O)O. The fraction of sp³-hybridized carbons (Fsp3) is 0.550. The molecule has 1 aromatic rings. The molecule has 4 N–H and O–H groups in total. The first-order valence-corrected chi connectivity index (χ1v) is 9.44. The fourth-order valence-corrected chi connectivity index (χ4v) is 2.76. The number of ether oxygens (including phenoxy) is 2. The highest BCUT2D eigenvalue weighted by Gasteiger charge is 2.40. The third kappa shape index (κ3) is 6.53. The Morgan fingerprint density at radius 2 is 1.64 bits per heavy atom. The number of carbonyl (C=O) groups excluding carboxylic acids is 1. The van der Waals surface area contributed by atoms with Gasteiger partial charge >= 0.3 is 11.9 Å². The normalized spacial score (nSPS) is 11.1. The first kappa shape index (κ1) is 23.4. The maximum Gasteiger partial charge on any atom is 0.348 e.